The molecule has 0 bridgehead atoms. The van der Waals surface area contributed by atoms with Crippen LogP contribution in [0.2, 0.25) is 0 Å². The fraction of sp³-hybridized carbons (Fsp3) is 0.667. The smallest absolute Gasteiger partial charge is 0.191 e. The van der Waals surface area contributed by atoms with Crippen molar-refractivity contribution in [3.63, 3.8) is 0 Å². The van der Waals surface area contributed by atoms with Gasteiger partial charge in [-0.1, -0.05) is 12.5 Å². The first-order valence-corrected chi connectivity index (χ1v) is 10.2. The number of halogens is 1. The highest BCUT2D eigenvalue weighted by molar-refractivity contribution is 5.79. The van der Waals surface area contributed by atoms with Gasteiger partial charge in [0, 0.05) is 46.9 Å². The van der Waals surface area contributed by atoms with Crippen molar-refractivity contribution in [2.24, 2.45) is 10.4 Å². The van der Waals surface area contributed by atoms with Gasteiger partial charge in [0.25, 0.3) is 0 Å². The molecule has 1 aromatic carbocycles. The second-order valence-corrected chi connectivity index (χ2v) is 7.76. The number of nitrogens with zero attached hydrogens (tertiary/aromatic N) is 2. The van der Waals surface area contributed by atoms with Gasteiger partial charge in [0.05, 0.1) is 18.9 Å². The molecule has 0 spiro atoms. The summed E-state index contributed by atoms with van der Waals surface area (Å²) in [6, 6.07) is 5.44. The number of benzene rings is 1. The molecule has 2 aliphatic rings. The highest BCUT2D eigenvalue weighted by Crippen LogP contribution is 2.43. The lowest BCUT2D eigenvalue weighted by Gasteiger charge is -2.42. The van der Waals surface area contributed by atoms with Gasteiger partial charge in [-0.2, -0.15) is 0 Å². The first-order valence-electron chi connectivity index (χ1n) is 10.2. The molecule has 1 saturated carbocycles. The highest BCUT2D eigenvalue weighted by atomic mass is 19.1. The molecular weight excluding hydrogens is 359 g/mol. The summed E-state index contributed by atoms with van der Waals surface area (Å²) in [6.45, 7) is 4.98. The first-order chi connectivity index (χ1) is 13.7. The molecule has 2 fully saturated rings. The standard InChI is InChI=1S/C21H33FN4O2/c1-23-20(25-16-21(6-3-7-21)8-11-27-2)24-15-17-4-5-19(18(22)14-17)26-9-12-28-13-10-26/h4-5,14H,3,6-13,15-16H2,1-2H3,(H2,23,24,25). The molecule has 1 aliphatic carbocycles. The molecule has 6 nitrogen and oxygen atoms in total. The number of hydrogen-bond acceptors (Lipinski definition) is 4. The predicted molar refractivity (Wildman–Crippen MR) is 110 cm³/mol. The van der Waals surface area contributed by atoms with Crippen LogP contribution in [-0.4, -0.2) is 59.6 Å². The number of methoxy groups -OCH3 is 1. The summed E-state index contributed by atoms with van der Waals surface area (Å²) >= 11 is 0. The van der Waals surface area contributed by atoms with Gasteiger partial charge in [0.1, 0.15) is 5.82 Å². The Morgan fingerprint density at radius 2 is 2.07 bits per heavy atom. The number of rotatable bonds is 8. The zero-order valence-corrected chi connectivity index (χ0v) is 17.1. The first kappa shape index (κ1) is 20.9. The number of ether oxygens (including phenoxy) is 2. The Kier molecular flexibility index (Phi) is 7.50. The zero-order chi connectivity index (χ0) is 19.8. The minimum Gasteiger partial charge on any atom is -0.385 e. The lowest BCUT2D eigenvalue weighted by molar-refractivity contribution is 0.0732. The molecule has 0 atom stereocenters. The summed E-state index contributed by atoms with van der Waals surface area (Å²) in [5.41, 5.74) is 1.87. The van der Waals surface area contributed by atoms with E-state index in [1.54, 1.807) is 20.2 Å². The largest absolute Gasteiger partial charge is 0.385 e. The Bertz CT molecular complexity index is 658. The molecular formula is C21H33FN4O2. The van der Waals surface area contributed by atoms with Gasteiger partial charge in [0.15, 0.2) is 5.96 Å². The molecule has 0 amide bonds. The molecule has 1 saturated heterocycles. The van der Waals surface area contributed by atoms with Crippen molar-refractivity contribution in [1.29, 1.82) is 0 Å². The van der Waals surface area contributed by atoms with E-state index in [-0.39, 0.29) is 5.82 Å². The summed E-state index contributed by atoms with van der Waals surface area (Å²) in [5.74, 6) is 0.568. The van der Waals surface area contributed by atoms with Crippen LogP contribution in [0.15, 0.2) is 23.2 Å². The molecule has 7 heteroatoms. The van der Waals surface area contributed by atoms with Crippen molar-refractivity contribution in [3.8, 4) is 0 Å². The van der Waals surface area contributed by atoms with Crippen LogP contribution in [0.4, 0.5) is 10.1 Å². The summed E-state index contributed by atoms with van der Waals surface area (Å²) in [7, 11) is 3.52. The Hall–Kier alpha value is -1.86. The van der Waals surface area contributed by atoms with Gasteiger partial charge < -0.3 is 25.0 Å². The van der Waals surface area contributed by atoms with Gasteiger partial charge in [-0.3, -0.25) is 4.99 Å². The average molecular weight is 393 g/mol. The number of aliphatic imine (C=N–C) groups is 1. The van der Waals surface area contributed by atoms with E-state index in [1.807, 2.05) is 17.0 Å². The van der Waals surface area contributed by atoms with Crippen molar-refractivity contribution in [2.45, 2.75) is 32.2 Å². The number of morpholine rings is 1. The van der Waals surface area contributed by atoms with Crippen LogP contribution in [0.5, 0.6) is 0 Å². The van der Waals surface area contributed by atoms with Crippen molar-refractivity contribution < 1.29 is 13.9 Å². The van der Waals surface area contributed by atoms with Gasteiger partial charge in [-0.15, -0.1) is 0 Å². The Labute approximate surface area is 167 Å². The van der Waals surface area contributed by atoms with Crippen molar-refractivity contribution >= 4 is 11.6 Å². The summed E-state index contributed by atoms with van der Waals surface area (Å²) < 4.78 is 25.1. The molecule has 1 aromatic rings. The number of guanidine groups is 1. The SMILES string of the molecule is CN=C(NCc1ccc(N2CCOCC2)c(F)c1)NCC1(CCOC)CCC1. The average Bonchev–Trinajstić information content (AvgIpc) is 2.69. The monoisotopic (exact) mass is 392 g/mol. The molecule has 0 aromatic heterocycles. The van der Waals surface area contributed by atoms with E-state index < -0.39 is 0 Å². The van der Waals surface area contributed by atoms with Crippen LogP contribution in [0.25, 0.3) is 0 Å². The Morgan fingerprint density at radius 1 is 1.29 bits per heavy atom. The molecule has 0 radical (unpaired) electrons. The van der Waals surface area contributed by atoms with Crippen molar-refractivity contribution in [2.75, 3.05) is 58.5 Å². The Morgan fingerprint density at radius 3 is 2.68 bits per heavy atom. The van der Waals surface area contributed by atoms with E-state index in [2.05, 4.69) is 15.6 Å². The van der Waals surface area contributed by atoms with Gasteiger partial charge in [0.2, 0.25) is 0 Å². The number of nitrogens with one attached hydrogen (secondary N) is 2. The molecule has 156 valence electrons. The summed E-state index contributed by atoms with van der Waals surface area (Å²) in [5, 5.41) is 6.73. The second-order valence-electron chi connectivity index (χ2n) is 7.76. The van der Waals surface area contributed by atoms with Crippen LogP contribution < -0.4 is 15.5 Å². The van der Waals surface area contributed by atoms with Crippen LogP contribution in [0.3, 0.4) is 0 Å². The number of hydrogen-bond donors (Lipinski definition) is 2. The maximum Gasteiger partial charge on any atom is 0.191 e. The number of anilines is 1. The van der Waals surface area contributed by atoms with Crippen molar-refractivity contribution in [1.82, 2.24) is 10.6 Å². The van der Waals surface area contributed by atoms with Gasteiger partial charge in [-0.05, 0) is 42.4 Å². The van der Waals surface area contributed by atoms with Crippen molar-refractivity contribution in [3.05, 3.63) is 29.6 Å². The van der Waals surface area contributed by atoms with Gasteiger partial charge in [-0.25, -0.2) is 4.39 Å². The minimum atomic E-state index is -0.183. The summed E-state index contributed by atoms with van der Waals surface area (Å²) in [6.07, 6.45) is 4.82. The van der Waals surface area contributed by atoms with E-state index in [4.69, 9.17) is 9.47 Å². The van der Waals surface area contributed by atoms with E-state index in [0.29, 0.717) is 30.9 Å². The molecule has 2 N–H and O–H groups in total. The fourth-order valence-corrected chi connectivity index (χ4v) is 3.91. The van der Waals surface area contributed by atoms with E-state index in [1.165, 1.54) is 19.3 Å². The maximum atomic E-state index is 14.5. The fourth-order valence-electron chi connectivity index (χ4n) is 3.91. The maximum absolute atomic E-state index is 14.5. The molecule has 1 heterocycles. The van der Waals surface area contributed by atoms with Crippen LogP contribution in [0, 0.1) is 11.2 Å². The minimum absolute atomic E-state index is 0.183. The van der Waals surface area contributed by atoms with Crippen LogP contribution >= 0.6 is 0 Å². The normalized spacial score (nSPS) is 19.2. The van der Waals surface area contributed by atoms with E-state index >= 15 is 0 Å². The predicted octanol–water partition coefficient (Wildman–Crippen LogP) is 2.53. The quantitative estimate of drug-likeness (QED) is 0.526. The lowest BCUT2D eigenvalue weighted by atomic mass is 9.67. The van der Waals surface area contributed by atoms with Gasteiger partial charge >= 0.3 is 0 Å². The third kappa shape index (κ3) is 5.35. The topological polar surface area (TPSA) is 58.1 Å². The highest BCUT2D eigenvalue weighted by Gasteiger charge is 2.36. The molecule has 28 heavy (non-hydrogen) atoms. The third-order valence-electron chi connectivity index (χ3n) is 5.93. The van der Waals surface area contributed by atoms with Crippen LogP contribution in [-0.2, 0) is 16.0 Å². The molecule has 0 unspecified atom stereocenters. The summed E-state index contributed by atoms with van der Waals surface area (Å²) in [4.78, 5) is 6.34. The molecule has 3 rings (SSSR count). The third-order valence-corrected chi connectivity index (χ3v) is 5.93. The lowest BCUT2D eigenvalue weighted by Crippen LogP contribution is -2.46. The molecule has 1 aliphatic heterocycles. The zero-order valence-electron chi connectivity index (χ0n) is 17.1. The van der Waals surface area contributed by atoms with E-state index in [9.17, 15) is 4.39 Å². The second kappa shape index (κ2) is 10.1. The Balaban J connectivity index is 1.50. The van der Waals surface area contributed by atoms with Crippen LogP contribution in [0.1, 0.15) is 31.2 Å². The van der Waals surface area contributed by atoms with E-state index in [0.717, 1.165) is 44.2 Å².